The summed E-state index contributed by atoms with van der Waals surface area (Å²) >= 11 is 0. The quantitative estimate of drug-likeness (QED) is 0.687. The van der Waals surface area contributed by atoms with Crippen molar-refractivity contribution in [3.05, 3.63) is 42.4 Å². The number of aliphatic imine (C=N–C) groups is 1. The molecule has 0 saturated heterocycles. The third kappa shape index (κ3) is 5.45. The van der Waals surface area contributed by atoms with E-state index < -0.39 is 11.7 Å². The zero-order valence-corrected chi connectivity index (χ0v) is 18.8. The van der Waals surface area contributed by atoms with E-state index in [-0.39, 0.29) is 17.7 Å². The molecule has 2 aromatic rings. The highest BCUT2D eigenvalue weighted by Crippen LogP contribution is 2.29. The predicted octanol–water partition coefficient (Wildman–Crippen LogP) is 4.38. The van der Waals surface area contributed by atoms with Crippen LogP contribution in [0.4, 0.5) is 10.5 Å². The van der Waals surface area contributed by atoms with Gasteiger partial charge < -0.3 is 10.1 Å². The van der Waals surface area contributed by atoms with E-state index in [1.165, 1.54) is 0 Å². The molecular formula is C23H29N5O3. The first-order valence-corrected chi connectivity index (χ1v) is 10.3. The Morgan fingerprint density at radius 2 is 2.10 bits per heavy atom. The van der Waals surface area contributed by atoms with Crippen LogP contribution >= 0.6 is 0 Å². The van der Waals surface area contributed by atoms with Crippen LogP contribution in [-0.2, 0) is 16.6 Å². The lowest BCUT2D eigenvalue weighted by molar-refractivity contribution is -0.119. The van der Waals surface area contributed by atoms with E-state index in [0.29, 0.717) is 23.5 Å². The number of anilines is 1. The van der Waals surface area contributed by atoms with Gasteiger partial charge in [0.1, 0.15) is 5.60 Å². The molecule has 2 aromatic heterocycles. The van der Waals surface area contributed by atoms with Crippen LogP contribution in [0.2, 0.25) is 0 Å². The molecule has 0 spiro atoms. The highest BCUT2D eigenvalue weighted by atomic mass is 16.6. The number of rotatable bonds is 1. The highest BCUT2D eigenvalue weighted by Gasteiger charge is 2.24. The maximum Gasteiger partial charge on any atom is 0.434 e. The van der Waals surface area contributed by atoms with Crippen LogP contribution < -0.4 is 5.32 Å². The SMILES string of the molecule is CC(C)[C@H]1/C=C/C/C(=N\C(=O)OC(C)(C)C)c2cc(ccn2)-c2c(cnn2C)NC1=O. The molecule has 2 bridgehead atoms. The topological polar surface area (TPSA) is 98.5 Å². The molecule has 2 amide bonds. The van der Waals surface area contributed by atoms with Crippen molar-refractivity contribution in [2.75, 3.05) is 5.32 Å². The Bertz CT molecular complexity index is 1040. The Hall–Kier alpha value is -3.29. The first-order valence-electron chi connectivity index (χ1n) is 10.3. The van der Waals surface area contributed by atoms with Crippen LogP contribution in [0.3, 0.4) is 0 Å². The van der Waals surface area contributed by atoms with Crippen molar-refractivity contribution in [3.8, 4) is 11.3 Å². The van der Waals surface area contributed by atoms with E-state index in [9.17, 15) is 9.59 Å². The summed E-state index contributed by atoms with van der Waals surface area (Å²) in [5.41, 5.74) is 2.56. The monoisotopic (exact) mass is 423 g/mol. The van der Waals surface area contributed by atoms with Crippen molar-refractivity contribution < 1.29 is 14.3 Å². The van der Waals surface area contributed by atoms with Crippen LogP contribution in [0.25, 0.3) is 11.3 Å². The second kappa shape index (κ2) is 8.83. The molecule has 3 heterocycles. The zero-order chi connectivity index (χ0) is 22.8. The van der Waals surface area contributed by atoms with E-state index in [4.69, 9.17) is 4.74 Å². The summed E-state index contributed by atoms with van der Waals surface area (Å²) in [6.07, 6.45) is 6.66. The highest BCUT2D eigenvalue weighted by molar-refractivity contribution is 6.06. The van der Waals surface area contributed by atoms with Gasteiger partial charge in [-0.15, -0.1) is 0 Å². The van der Waals surface area contributed by atoms with Crippen LogP contribution in [0.1, 0.15) is 46.7 Å². The molecule has 3 rings (SSSR count). The largest absolute Gasteiger partial charge is 0.442 e. The molecule has 1 aliphatic rings. The number of carbonyl (C=O) groups excluding carboxylic acids is 2. The summed E-state index contributed by atoms with van der Waals surface area (Å²) < 4.78 is 7.07. The van der Waals surface area contributed by atoms with Crippen molar-refractivity contribution in [3.63, 3.8) is 0 Å². The summed E-state index contributed by atoms with van der Waals surface area (Å²) in [7, 11) is 1.81. The Labute approximate surface area is 182 Å². The van der Waals surface area contributed by atoms with Gasteiger partial charge in [-0.05, 0) is 38.8 Å². The van der Waals surface area contributed by atoms with Crippen molar-refractivity contribution >= 4 is 23.4 Å². The lowest BCUT2D eigenvalue weighted by atomic mass is 9.93. The van der Waals surface area contributed by atoms with Crippen LogP contribution in [0.15, 0.2) is 41.7 Å². The lowest BCUT2D eigenvalue weighted by Gasteiger charge is -2.19. The maximum absolute atomic E-state index is 13.0. The van der Waals surface area contributed by atoms with Gasteiger partial charge in [0.25, 0.3) is 0 Å². The Morgan fingerprint density at radius 1 is 1.35 bits per heavy atom. The summed E-state index contributed by atoms with van der Waals surface area (Å²) in [6, 6.07) is 3.67. The molecular weight excluding hydrogens is 394 g/mol. The minimum absolute atomic E-state index is 0.0847. The average molecular weight is 424 g/mol. The van der Waals surface area contributed by atoms with Gasteiger partial charge in [-0.25, -0.2) is 4.79 Å². The number of fused-ring (bicyclic) bond motifs is 4. The maximum atomic E-state index is 13.0. The first kappa shape index (κ1) is 22.4. The van der Waals surface area contributed by atoms with Gasteiger partial charge in [-0.1, -0.05) is 26.0 Å². The zero-order valence-electron chi connectivity index (χ0n) is 18.8. The van der Waals surface area contributed by atoms with Gasteiger partial charge in [-0.2, -0.15) is 10.1 Å². The molecule has 1 N–H and O–H groups in total. The molecule has 0 aromatic carbocycles. The molecule has 1 atom stereocenters. The molecule has 0 radical (unpaired) electrons. The lowest BCUT2D eigenvalue weighted by Crippen LogP contribution is -2.26. The number of nitrogens with one attached hydrogen (secondary N) is 1. The van der Waals surface area contributed by atoms with Crippen LogP contribution in [-0.4, -0.2) is 38.1 Å². The Balaban J connectivity index is 2.14. The number of pyridine rings is 1. The van der Waals surface area contributed by atoms with Gasteiger partial charge in [0.2, 0.25) is 5.91 Å². The molecule has 0 unspecified atom stereocenters. The molecule has 164 valence electrons. The number of nitrogens with zero attached hydrogens (tertiary/aromatic N) is 4. The molecule has 8 nitrogen and oxygen atoms in total. The molecule has 0 aliphatic carbocycles. The van der Waals surface area contributed by atoms with Crippen LogP contribution in [0, 0.1) is 11.8 Å². The first-order chi connectivity index (χ1) is 14.5. The minimum Gasteiger partial charge on any atom is -0.442 e. The number of aromatic nitrogens is 3. The molecule has 0 saturated carbocycles. The number of aryl methyl sites for hydroxylation is 1. The smallest absolute Gasteiger partial charge is 0.434 e. The third-order valence-corrected chi connectivity index (χ3v) is 4.82. The summed E-state index contributed by atoms with van der Waals surface area (Å²) in [6.45, 7) is 9.36. The van der Waals surface area contributed by atoms with Crippen LogP contribution in [0.5, 0.6) is 0 Å². The Kier molecular flexibility index (Phi) is 6.38. The second-order valence-corrected chi connectivity index (χ2v) is 8.89. The second-order valence-electron chi connectivity index (χ2n) is 8.89. The minimum atomic E-state index is -0.672. The van der Waals surface area contributed by atoms with Gasteiger partial charge in [0.15, 0.2) is 0 Å². The van der Waals surface area contributed by atoms with Gasteiger partial charge >= 0.3 is 6.09 Å². The number of ether oxygens (including phenoxy) is 1. The molecule has 8 heteroatoms. The van der Waals surface area contributed by atoms with Gasteiger partial charge in [-0.3, -0.25) is 14.5 Å². The molecule has 1 aliphatic heterocycles. The van der Waals surface area contributed by atoms with E-state index in [0.717, 1.165) is 11.3 Å². The van der Waals surface area contributed by atoms with E-state index >= 15 is 0 Å². The number of hydrogen-bond donors (Lipinski definition) is 1. The van der Waals surface area contributed by atoms with E-state index in [1.54, 1.807) is 37.8 Å². The number of carbonyl (C=O) groups is 2. The van der Waals surface area contributed by atoms with Gasteiger partial charge in [0, 0.05) is 25.2 Å². The van der Waals surface area contributed by atoms with Crippen molar-refractivity contribution in [2.45, 2.75) is 46.6 Å². The average Bonchev–Trinajstić information content (AvgIpc) is 3.01. The standard InChI is InChI=1S/C23H29N5O3/c1-14(2)16-8-7-9-17(27-22(30)31-23(3,4)5)18-12-15(10-11-24-18)20-19(26-21(16)29)13-25-28(20)6/h7-8,10-14,16H,9H2,1-6H3,(H,26,29)/b8-7+,27-17+/t16-/m1/s1. The van der Waals surface area contributed by atoms with Crippen molar-refractivity contribution in [2.24, 2.45) is 23.9 Å². The number of amides is 2. The van der Waals surface area contributed by atoms with Gasteiger partial charge in [0.05, 0.1) is 34.9 Å². The Morgan fingerprint density at radius 3 is 2.77 bits per heavy atom. The van der Waals surface area contributed by atoms with Crippen molar-refractivity contribution in [1.82, 2.24) is 14.8 Å². The number of hydrogen-bond acceptors (Lipinski definition) is 5. The predicted molar refractivity (Wildman–Crippen MR) is 120 cm³/mol. The van der Waals surface area contributed by atoms with E-state index in [1.807, 2.05) is 45.2 Å². The van der Waals surface area contributed by atoms with E-state index in [2.05, 4.69) is 20.4 Å². The fraction of sp³-hybridized carbons (Fsp3) is 0.435. The van der Waals surface area contributed by atoms with Crippen molar-refractivity contribution in [1.29, 1.82) is 0 Å². The fourth-order valence-electron chi connectivity index (χ4n) is 3.36. The summed E-state index contributed by atoms with van der Waals surface area (Å²) in [5, 5.41) is 7.32. The molecule has 0 fully saturated rings. The third-order valence-electron chi connectivity index (χ3n) is 4.82. The molecule has 31 heavy (non-hydrogen) atoms. The summed E-state index contributed by atoms with van der Waals surface area (Å²) in [4.78, 5) is 34.0. The summed E-state index contributed by atoms with van der Waals surface area (Å²) in [5.74, 6) is -0.371. The fourth-order valence-corrected chi connectivity index (χ4v) is 3.36. The normalized spacial score (nSPS) is 19.3. The number of allylic oxidation sites excluding steroid dienone is 1.